The fourth-order valence-corrected chi connectivity index (χ4v) is 3.06. The number of alkyl halides is 3. The zero-order chi connectivity index (χ0) is 19.1. The normalized spacial score (nSPS) is 11.7. The van der Waals surface area contributed by atoms with Crippen molar-refractivity contribution in [2.45, 2.75) is 19.5 Å². The van der Waals surface area contributed by atoms with Crippen molar-refractivity contribution >= 4 is 28.5 Å². The number of hydrogen-bond donors (Lipinski definition) is 1. The number of aryl methyl sites for hydroxylation is 1. The number of hydrogen-bond acceptors (Lipinski definition) is 2. The third-order valence-electron chi connectivity index (χ3n) is 4.08. The Morgan fingerprint density at radius 1 is 1.15 bits per heavy atom. The van der Waals surface area contributed by atoms with E-state index < -0.39 is 17.8 Å². The van der Waals surface area contributed by atoms with E-state index in [-0.39, 0.29) is 11.9 Å². The lowest BCUT2D eigenvalue weighted by atomic mass is 9.90. The van der Waals surface area contributed by atoms with Crippen LogP contribution in [-0.2, 0) is 17.4 Å². The highest BCUT2D eigenvalue weighted by molar-refractivity contribution is 6.30. The van der Waals surface area contributed by atoms with Gasteiger partial charge in [-0.2, -0.15) is 13.2 Å². The van der Waals surface area contributed by atoms with Crippen LogP contribution in [0.15, 0.2) is 42.5 Å². The maximum atomic E-state index is 13.0. The van der Waals surface area contributed by atoms with Crippen LogP contribution >= 0.6 is 11.6 Å². The molecule has 0 aliphatic heterocycles. The quantitative estimate of drug-likeness (QED) is 0.652. The topological polar surface area (TPSA) is 50.2 Å². The lowest BCUT2D eigenvalue weighted by Gasteiger charge is -2.16. The molecule has 0 saturated heterocycles. The second kappa shape index (κ2) is 6.61. The van der Waals surface area contributed by atoms with Gasteiger partial charge in [-0.15, -0.1) is 0 Å². The number of aliphatic carboxylic acids is 1. The molecule has 0 atom stereocenters. The van der Waals surface area contributed by atoms with Crippen LogP contribution in [0.2, 0.25) is 5.02 Å². The summed E-state index contributed by atoms with van der Waals surface area (Å²) in [6.07, 6.45) is -4.80. The Labute approximate surface area is 152 Å². The zero-order valence-corrected chi connectivity index (χ0v) is 14.3. The number of carbonyl (C=O) groups is 1. The Morgan fingerprint density at radius 2 is 1.81 bits per heavy atom. The average molecular weight is 380 g/mol. The van der Waals surface area contributed by atoms with Crippen LogP contribution in [0, 0.1) is 6.92 Å². The number of fused-ring (bicyclic) bond motifs is 1. The highest BCUT2D eigenvalue weighted by Gasteiger charge is 2.32. The van der Waals surface area contributed by atoms with Crippen molar-refractivity contribution in [1.82, 2.24) is 4.98 Å². The first-order valence-electron chi connectivity index (χ1n) is 7.65. The van der Waals surface area contributed by atoms with E-state index in [1.54, 1.807) is 31.2 Å². The Hall–Kier alpha value is -2.60. The van der Waals surface area contributed by atoms with Crippen molar-refractivity contribution in [3.05, 3.63) is 64.3 Å². The minimum Gasteiger partial charge on any atom is -0.481 e. The maximum absolute atomic E-state index is 13.0. The van der Waals surface area contributed by atoms with Gasteiger partial charge in [-0.05, 0) is 53.4 Å². The van der Waals surface area contributed by atoms with Gasteiger partial charge < -0.3 is 5.11 Å². The Kier molecular flexibility index (Phi) is 4.63. The standard InChI is InChI=1S/C19H13ClF3NO2/c1-10-8-15-13(6-7-16(24-15)19(21,22)23)18(14(10)9-17(25)26)11-2-4-12(20)5-3-11/h2-8H,9H2,1H3,(H,25,26). The maximum Gasteiger partial charge on any atom is 0.433 e. The summed E-state index contributed by atoms with van der Waals surface area (Å²) in [7, 11) is 0. The molecule has 0 unspecified atom stereocenters. The van der Waals surface area contributed by atoms with Gasteiger partial charge in [0.05, 0.1) is 11.9 Å². The largest absolute Gasteiger partial charge is 0.481 e. The van der Waals surface area contributed by atoms with E-state index in [4.69, 9.17) is 11.6 Å². The predicted molar refractivity (Wildman–Crippen MR) is 93.3 cm³/mol. The van der Waals surface area contributed by atoms with Gasteiger partial charge in [-0.3, -0.25) is 4.79 Å². The molecule has 0 aliphatic rings. The van der Waals surface area contributed by atoms with E-state index in [0.717, 1.165) is 6.07 Å². The molecule has 0 spiro atoms. The minimum absolute atomic E-state index is 0.163. The first-order chi connectivity index (χ1) is 12.2. The number of pyridine rings is 1. The Morgan fingerprint density at radius 3 is 2.38 bits per heavy atom. The van der Waals surface area contributed by atoms with Gasteiger partial charge in [0.15, 0.2) is 0 Å². The summed E-state index contributed by atoms with van der Waals surface area (Å²) in [6, 6.07) is 10.4. The van der Waals surface area contributed by atoms with E-state index in [2.05, 4.69) is 4.98 Å². The van der Waals surface area contributed by atoms with E-state index in [1.165, 1.54) is 12.1 Å². The van der Waals surface area contributed by atoms with E-state index in [9.17, 15) is 23.1 Å². The Balaban J connectivity index is 2.35. The predicted octanol–water partition coefficient (Wildman–Crippen LogP) is 5.51. The van der Waals surface area contributed by atoms with Gasteiger partial charge in [0, 0.05) is 10.4 Å². The smallest absolute Gasteiger partial charge is 0.433 e. The molecule has 0 amide bonds. The van der Waals surface area contributed by atoms with Gasteiger partial charge in [-0.25, -0.2) is 4.98 Å². The van der Waals surface area contributed by atoms with Crippen LogP contribution in [0.3, 0.4) is 0 Å². The van der Waals surface area contributed by atoms with Crippen LogP contribution in [0.25, 0.3) is 22.0 Å². The molecule has 3 rings (SSSR count). The first-order valence-corrected chi connectivity index (χ1v) is 8.03. The molecule has 3 aromatic rings. The van der Waals surface area contributed by atoms with Gasteiger partial charge in [0.1, 0.15) is 5.69 Å². The second-order valence-corrected chi connectivity index (χ2v) is 6.32. The summed E-state index contributed by atoms with van der Waals surface area (Å²) in [5.41, 5.74) is 1.50. The molecule has 1 N–H and O–H groups in total. The molecule has 1 heterocycles. The molecule has 7 heteroatoms. The summed E-state index contributed by atoms with van der Waals surface area (Å²) in [5, 5.41) is 10.2. The molecule has 0 radical (unpaired) electrons. The number of aromatic nitrogens is 1. The van der Waals surface area contributed by atoms with Crippen molar-refractivity contribution in [2.24, 2.45) is 0 Å². The summed E-state index contributed by atoms with van der Waals surface area (Å²) >= 11 is 5.91. The molecule has 0 fully saturated rings. The minimum atomic E-state index is -4.55. The summed E-state index contributed by atoms with van der Waals surface area (Å²) in [5.74, 6) is -1.03. The van der Waals surface area contributed by atoms with Crippen molar-refractivity contribution in [3.63, 3.8) is 0 Å². The molecular weight excluding hydrogens is 367 g/mol. The van der Waals surface area contributed by atoms with Gasteiger partial charge in [0.2, 0.25) is 0 Å². The SMILES string of the molecule is Cc1cc2nc(C(F)(F)F)ccc2c(-c2ccc(Cl)cc2)c1CC(=O)O. The number of carboxylic acids is 1. The van der Waals surface area contributed by atoms with Crippen LogP contribution in [0.5, 0.6) is 0 Å². The number of nitrogens with zero attached hydrogens (tertiary/aromatic N) is 1. The number of carboxylic acid groups (broad SMARTS) is 1. The molecule has 1 aromatic heterocycles. The summed E-state index contributed by atoms with van der Waals surface area (Å²) < 4.78 is 38.9. The van der Waals surface area contributed by atoms with Gasteiger partial charge in [-0.1, -0.05) is 29.8 Å². The first kappa shape index (κ1) is 18.2. The lowest BCUT2D eigenvalue weighted by Crippen LogP contribution is -2.09. The zero-order valence-electron chi connectivity index (χ0n) is 13.6. The van der Waals surface area contributed by atoms with Crippen LogP contribution < -0.4 is 0 Å². The fraction of sp³-hybridized carbons (Fsp3) is 0.158. The van der Waals surface area contributed by atoms with Crippen LogP contribution in [-0.4, -0.2) is 16.1 Å². The van der Waals surface area contributed by atoms with Crippen molar-refractivity contribution < 1.29 is 23.1 Å². The molecule has 0 bridgehead atoms. The molecule has 3 nitrogen and oxygen atoms in total. The third-order valence-corrected chi connectivity index (χ3v) is 4.33. The monoisotopic (exact) mass is 379 g/mol. The Bertz CT molecular complexity index is 998. The molecule has 0 saturated carbocycles. The van der Waals surface area contributed by atoms with Crippen molar-refractivity contribution in [1.29, 1.82) is 0 Å². The molecule has 2 aromatic carbocycles. The number of benzene rings is 2. The van der Waals surface area contributed by atoms with Crippen molar-refractivity contribution in [2.75, 3.05) is 0 Å². The highest BCUT2D eigenvalue weighted by Crippen LogP contribution is 2.37. The van der Waals surface area contributed by atoms with E-state index in [0.29, 0.717) is 32.7 Å². The second-order valence-electron chi connectivity index (χ2n) is 5.89. The van der Waals surface area contributed by atoms with Crippen LogP contribution in [0.4, 0.5) is 13.2 Å². The average Bonchev–Trinajstić information content (AvgIpc) is 2.55. The fourth-order valence-electron chi connectivity index (χ4n) is 2.93. The van der Waals surface area contributed by atoms with Crippen molar-refractivity contribution in [3.8, 4) is 11.1 Å². The van der Waals surface area contributed by atoms with Crippen LogP contribution in [0.1, 0.15) is 16.8 Å². The molecule has 26 heavy (non-hydrogen) atoms. The highest BCUT2D eigenvalue weighted by atomic mass is 35.5. The van der Waals surface area contributed by atoms with Gasteiger partial charge in [0.25, 0.3) is 0 Å². The number of halogens is 4. The molecule has 0 aliphatic carbocycles. The molecule has 134 valence electrons. The molecular formula is C19H13ClF3NO2. The lowest BCUT2D eigenvalue weighted by molar-refractivity contribution is -0.141. The number of rotatable bonds is 3. The third kappa shape index (κ3) is 3.51. The van der Waals surface area contributed by atoms with E-state index >= 15 is 0 Å². The van der Waals surface area contributed by atoms with E-state index in [1.807, 2.05) is 0 Å². The summed E-state index contributed by atoms with van der Waals surface area (Å²) in [6.45, 7) is 1.67. The summed E-state index contributed by atoms with van der Waals surface area (Å²) in [4.78, 5) is 15.0. The van der Waals surface area contributed by atoms with Gasteiger partial charge >= 0.3 is 12.1 Å².